The van der Waals surface area contributed by atoms with Crippen LogP contribution in [0, 0.1) is 5.92 Å². The van der Waals surface area contributed by atoms with Crippen LogP contribution >= 0.6 is 12.4 Å². The average Bonchev–Trinajstić information content (AvgIpc) is 3.26. The van der Waals surface area contributed by atoms with Gasteiger partial charge in [0.15, 0.2) is 0 Å². The molecule has 0 saturated carbocycles. The van der Waals surface area contributed by atoms with Crippen LogP contribution in [0.2, 0.25) is 0 Å². The maximum Gasteiger partial charge on any atom is 0.253 e. The average molecular weight is 352 g/mol. The van der Waals surface area contributed by atoms with Gasteiger partial charge in [0.1, 0.15) is 0 Å². The Labute approximate surface area is 149 Å². The molecule has 6 heteroatoms. The number of carbonyl (C=O) groups is 2. The molecule has 1 atom stereocenters. The monoisotopic (exact) mass is 351 g/mol. The lowest BCUT2D eigenvalue weighted by atomic mass is 10.0. The van der Waals surface area contributed by atoms with E-state index < -0.39 is 0 Å². The number of hydrogen-bond acceptors (Lipinski definition) is 3. The molecule has 3 rings (SSSR count). The van der Waals surface area contributed by atoms with Crippen molar-refractivity contribution in [2.24, 2.45) is 5.92 Å². The molecule has 1 aromatic carbocycles. The van der Waals surface area contributed by atoms with E-state index in [4.69, 9.17) is 0 Å². The van der Waals surface area contributed by atoms with E-state index >= 15 is 0 Å². The van der Waals surface area contributed by atoms with Gasteiger partial charge < -0.3 is 15.5 Å². The zero-order valence-corrected chi connectivity index (χ0v) is 14.7. The molecule has 5 nitrogen and oxygen atoms in total. The van der Waals surface area contributed by atoms with Crippen LogP contribution in [0.15, 0.2) is 24.3 Å². The summed E-state index contributed by atoms with van der Waals surface area (Å²) in [6.45, 7) is 3.81. The molecule has 2 amide bonds. The third-order valence-corrected chi connectivity index (χ3v) is 4.75. The first-order valence-electron chi connectivity index (χ1n) is 8.62. The van der Waals surface area contributed by atoms with Crippen LogP contribution < -0.4 is 10.6 Å². The predicted molar refractivity (Wildman–Crippen MR) is 97.7 cm³/mol. The van der Waals surface area contributed by atoms with E-state index in [1.807, 2.05) is 17.0 Å². The van der Waals surface area contributed by atoms with Crippen molar-refractivity contribution in [2.45, 2.75) is 32.1 Å². The van der Waals surface area contributed by atoms with Crippen LogP contribution in [0.25, 0.3) is 0 Å². The minimum Gasteiger partial charge on any atom is -0.339 e. The van der Waals surface area contributed by atoms with Crippen molar-refractivity contribution in [1.82, 2.24) is 10.2 Å². The van der Waals surface area contributed by atoms with Gasteiger partial charge in [-0.1, -0.05) is 0 Å². The molecule has 2 saturated heterocycles. The summed E-state index contributed by atoms with van der Waals surface area (Å²) >= 11 is 0. The van der Waals surface area contributed by atoms with Crippen LogP contribution in [0.5, 0.6) is 0 Å². The van der Waals surface area contributed by atoms with Gasteiger partial charge in [-0.15, -0.1) is 12.4 Å². The molecule has 2 aliphatic heterocycles. The first-order valence-corrected chi connectivity index (χ1v) is 8.62. The summed E-state index contributed by atoms with van der Waals surface area (Å²) < 4.78 is 0. The molecule has 2 aliphatic rings. The minimum atomic E-state index is 0. The van der Waals surface area contributed by atoms with E-state index in [1.54, 1.807) is 12.1 Å². The van der Waals surface area contributed by atoms with Crippen LogP contribution in [0.3, 0.4) is 0 Å². The largest absolute Gasteiger partial charge is 0.339 e. The Bertz CT molecular complexity index is 550. The highest BCUT2D eigenvalue weighted by atomic mass is 35.5. The Morgan fingerprint density at radius 2 is 1.88 bits per heavy atom. The SMILES string of the molecule is Cl.O=C(CCC1CCNC1)Nc1ccc(C(=O)N2CCCC2)cc1. The van der Waals surface area contributed by atoms with E-state index in [0.29, 0.717) is 17.9 Å². The molecule has 0 aliphatic carbocycles. The van der Waals surface area contributed by atoms with Crippen molar-refractivity contribution < 1.29 is 9.59 Å². The standard InChI is InChI=1S/C18H25N3O2.ClH/c22-17(8-3-14-9-10-19-13-14)20-16-6-4-15(5-7-16)18(23)21-11-1-2-12-21;/h4-7,14,19H,1-3,8-13H2,(H,20,22);1H. The van der Waals surface area contributed by atoms with Gasteiger partial charge in [0.25, 0.3) is 5.91 Å². The second kappa shape index (κ2) is 9.04. The van der Waals surface area contributed by atoms with Crippen molar-refractivity contribution >= 4 is 29.9 Å². The fourth-order valence-corrected chi connectivity index (χ4v) is 3.32. The maximum absolute atomic E-state index is 12.3. The Morgan fingerprint density at radius 3 is 2.50 bits per heavy atom. The van der Waals surface area contributed by atoms with Crippen LogP contribution in [-0.2, 0) is 4.79 Å². The molecule has 0 aromatic heterocycles. The highest BCUT2D eigenvalue weighted by molar-refractivity contribution is 5.96. The summed E-state index contributed by atoms with van der Waals surface area (Å²) in [4.78, 5) is 26.1. The topological polar surface area (TPSA) is 61.4 Å². The summed E-state index contributed by atoms with van der Waals surface area (Å²) in [5.41, 5.74) is 1.46. The van der Waals surface area contributed by atoms with Crippen molar-refractivity contribution in [3.05, 3.63) is 29.8 Å². The van der Waals surface area contributed by atoms with Crippen molar-refractivity contribution in [2.75, 3.05) is 31.5 Å². The quantitative estimate of drug-likeness (QED) is 0.857. The molecule has 1 aromatic rings. The second-order valence-electron chi connectivity index (χ2n) is 6.52. The maximum atomic E-state index is 12.3. The van der Waals surface area contributed by atoms with Gasteiger partial charge in [-0.05, 0) is 69.0 Å². The number of hydrogen-bond donors (Lipinski definition) is 2. The van der Waals surface area contributed by atoms with Gasteiger partial charge in [-0.25, -0.2) is 0 Å². The van der Waals surface area contributed by atoms with Crippen molar-refractivity contribution in [3.8, 4) is 0 Å². The third kappa shape index (κ3) is 4.95. The fraction of sp³-hybridized carbons (Fsp3) is 0.556. The normalized spacial score (nSPS) is 19.8. The number of carbonyl (C=O) groups excluding carboxylic acids is 2. The van der Waals surface area contributed by atoms with E-state index in [-0.39, 0.29) is 24.2 Å². The fourth-order valence-electron chi connectivity index (χ4n) is 3.32. The molecule has 1 unspecified atom stereocenters. The first kappa shape index (κ1) is 18.7. The molecule has 0 radical (unpaired) electrons. The van der Waals surface area contributed by atoms with Gasteiger partial charge in [0.05, 0.1) is 0 Å². The van der Waals surface area contributed by atoms with Gasteiger partial charge in [0, 0.05) is 30.8 Å². The van der Waals surface area contributed by atoms with Gasteiger partial charge in [0.2, 0.25) is 5.91 Å². The lowest BCUT2D eigenvalue weighted by Gasteiger charge is -2.15. The number of benzene rings is 1. The van der Waals surface area contributed by atoms with Gasteiger partial charge in [-0.2, -0.15) is 0 Å². The number of nitrogens with zero attached hydrogens (tertiary/aromatic N) is 1. The predicted octanol–water partition coefficient (Wildman–Crippen LogP) is 2.67. The van der Waals surface area contributed by atoms with Gasteiger partial charge >= 0.3 is 0 Å². The molecule has 2 heterocycles. The lowest BCUT2D eigenvalue weighted by Crippen LogP contribution is -2.27. The zero-order valence-electron chi connectivity index (χ0n) is 13.9. The summed E-state index contributed by atoms with van der Waals surface area (Å²) in [6, 6.07) is 7.24. The summed E-state index contributed by atoms with van der Waals surface area (Å²) in [5.74, 6) is 0.769. The molecular weight excluding hydrogens is 326 g/mol. The van der Waals surface area contributed by atoms with Crippen LogP contribution in [-0.4, -0.2) is 42.9 Å². The molecule has 132 valence electrons. The molecular formula is C18H26ClN3O2. The smallest absolute Gasteiger partial charge is 0.253 e. The number of anilines is 1. The summed E-state index contributed by atoms with van der Waals surface area (Å²) in [6.07, 6.45) is 4.85. The number of amides is 2. The van der Waals surface area contributed by atoms with E-state index in [9.17, 15) is 9.59 Å². The summed E-state index contributed by atoms with van der Waals surface area (Å²) in [7, 11) is 0. The second-order valence-corrected chi connectivity index (χ2v) is 6.52. The molecule has 2 N–H and O–H groups in total. The van der Waals surface area contributed by atoms with E-state index in [0.717, 1.165) is 51.1 Å². The van der Waals surface area contributed by atoms with E-state index in [1.165, 1.54) is 6.42 Å². The van der Waals surface area contributed by atoms with Crippen molar-refractivity contribution in [1.29, 1.82) is 0 Å². The minimum absolute atomic E-state index is 0. The Balaban J connectivity index is 0.00000208. The number of halogens is 1. The highest BCUT2D eigenvalue weighted by Crippen LogP contribution is 2.17. The first-order chi connectivity index (χ1) is 11.2. The highest BCUT2D eigenvalue weighted by Gasteiger charge is 2.19. The summed E-state index contributed by atoms with van der Waals surface area (Å²) in [5, 5.41) is 6.24. The van der Waals surface area contributed by atoms with Gasteiger partial charge in [-0.3, -0.25) is 9.59 Å². The lowest BCUT2D eigenvalue weighted by molar-refractivity contribution is -0.116. The van der Waals surface area contributed by atoms with Crippen LogP contribution in [0.1, 0.15) is 42.5 Å². The Hall–Kier alpha value is -1.59. The number of nitrogens with one attached hydrogen (secondary N) is 2. The third-order valence-electron chi connectivity index (χ3n) is 4.75. The Morgan fingerprint density at radius 1 is 1.17 bits per heavy atom. The van der Waals surface area contributed by atoms with Crippen LogP contribution in [0.4, 0.5) is 5.69 Å². The Kier molecular flexibility index (Phi) is 7.06. The molecule has 0 spiro atoms. The molecule has 24 heavy (non-hydrogen) atoms. The molecule has 2 fully saturated rings. The number of rotatable bonds is 5. The van der Waals surface area contributed by atoms with E-state index in [2.05, 4.69) is 10.6 Å². The molecule has 0 bridgehead atoms. The number of likely N-dealkylation sites (tertiary alicyclic amines) is 1. The van der Waals surface area contributed by atoms with Crippen molar-refractivity contribution in [3.63, 3.8) is 0 Å². The zero-order chi connectivity index (χ0) is 16.1.